The first-order valence-electron chi connectivity index (χ1n) is 8.64. The number of likely N-dealkylation sites (N-methyl/N-ethyl adjacent to an activating group) is 1. The lowest BCUT2D eigenvalue weighted by Crippen LogP contribution is -2.35. The molecule has 0 unspecified atom stereocenters. The van der Waals surface area contributed by atoms with Crippen LogP contribution in [-0.2, 0) is 9.59 Å². The first-order chi connectivity index (χ1) is 12.9. The molecular formula is C21H21BrN2O3. The molecule has 1 aliphatic heterocycles. The lowest BCUT2D eigenvalue weighted by molar-refractivity contribution is -0.140. The van der Waals surface area contributed by atoms with E-state index in [0.29, 0.717) is 18.7 Å². The summed E-state index contributed by atoms with van der Waals surface area (Å²) in [5, 5.41) is 10.9. The van der Waals surface area contributed by atoms with Crippen LogP contribution >= 0.6 is 15.9 Å². The summed E-state index contributed by atoms with van der Waals surface area (Å²) in [5.74, 6) is -1.38. The summed E-state index contributed by atoms with van der Waals surface area (Å²) in [6.07, 6.45) is 0. The molecule has 1 fully saturated rings. The molecule has 27 heavy (non-hydrogen) atoms. The van der Waals surface area contributed by atoms with Gasteiger partial charge in [0.2, 0.25) is 0 Å². The summed E-state index contributed by atoms with van der Waals surface area (Å²) in [5.41, 5.74) is 1.44. The summed E-state index contributed by atoms with van der Waals surface area (Å²) in [6, 6.07) is 15.7. The van der Waals surface area contributed by atoms with Crippen LogP contribution in [0.25, 0.3) is 5.76 Å². The van der Waals surface area contributed by atoms with Crippen LogP contribution < -0.4 is 0 Å². The highest BCUT2D eigenvalue weighted by atomic mass is 79.9. The topological polar surface area (TPSA) is 60.9 Å². The van der Waals surface area contributed by atoms with E-state index in [2.05, 4.69) is 15.9 Å². The number of aliphatic hydroxyl groups excluding tert-OH is 1. The van der Waals surface area contributed by atoms with Crippen LogP contribution in [0, 0.1) is 0 Å². The largest absolute Gasteiger partial charge is 0.507 e. The van der Waals surface area contributed by atoms with Crippen LogP contribution in [0.3, 0.4) is 0 Å². The Hall–Kier alpha value is -2.44. The molecule has 0 aliphatic carbocycles. The summed E-state index contributed by atoms with van der Waals surface area (Å²) >= 11 is 3.41. The van der Waals surface area contributed by atoms with Gasteiger partial charge in [-0.2, -0.15) is 0 Å². The van der Waals surface area contributed by atoms with Gasteiger partial charge in [0.25, 0.3) is 11.7 Å². The lowest BCUT2D eigenvalue weighted by atomic mass is 9.95. The summed E-state index contributed by atoms with van der Waals surface area (Å²) in [7, 11) is 3.82. The van der Waals surface area contributed by atoms with E-state index in [1.807, 2.05) is 49.3 Å². The van der Waals surface area contributed by atoms with Crippen molar-refractivity contribution in [1.29, 1.82) is 0 Å². The minimum Gasteiger partial charge on any atom is -0.507 e. The summed E-state index contributed by atoms with van der Waals surface area (Å²) < 4.78 is 0.902. The number of Topliss-reactive ketones (excluding diaryl/α,β-unsaturated/α-hetero) is 1. The Kier molecular flexibility index (Phi) is 5.77. The van der Waals surface area contributed by atoms with Crippen LogP contribution in [0.2, 0.25) is 0 Å². The third-order valence-electron chi connectivity index (χ3n) is 4.56. The number of halogens is 1. The Morgan fingerprint density at radius 2 is 1.70 bits per heavy atom. The molecule has 1 N–H and O–H groups in total. The van der Waals surface area contributed by atoms with Gasteiger partial charge in [-0.25, -0.2) is 0 Å². The van der Waals surface area contributed by atoms with Gasteiger partial charge in [-0.05, 0) is 31.8 Å². The molecule has 1 heterocycles. The molecule has 5 nitrogen and oxygen atoms in total. The van der Waals surface area contributed by atoms with Crippen molar-refractivity contribution in [3.8, 4) is 0 Å². The number of nitrogens with zero attached hydrogens (tertiary/aromatic N) is 2. The van der Waals surface area contributed by atoms with E-state index in [1.54, 1.807) is 29.2 Å². The van der Waals surface area contributed by atoms with Gasteiger partial charge in [0.1, 0.15) is 5.76 Å². The van der Waals surface area contributed by atoms with E-state index in [9.17, 15) is 14.7 Å². The molecule has 2 aromatic carbocycles. The standard InChI is InChI=1S/C21H21BrN2O3/c1-23(2)12-13-24-18(14-8-10-16(22)11-9-14)17(20(26)21(24)27)19(25)15-6-4-3-5-7-15/h3-11,18,25H,12-13H2,1-2H3/b19-17+/t18-/m0/s1. The van der Waals surface area contributed by atoms with Crippen molar-refractivity contribution >= 4 is 33.4 Å². The predicted molar refractivity (Wildman–Crippen MR) is 108 cm³/mol. The quantitative estimate of drug-likeness (QED) is 0.450. The Bertz CT molecular complexity index is 876. The fraction of sp³-hybridized carbons (Fsp3) is 0.238. The second-order valence-electron chi connectivity index (χ2n) is 6.71. The van der Waals surface area contributed by atoms with Gasteiger partial charge in [-0.15, -0.1) is 0 Å². The number of rotatable bonds is 5. The fourth-order valence-electron chi connectivity index (χ4n) is 3.16. The average Bonchev–Trinajstić information content (AvgIpc) is 2.91. The zero-order chi connectivity index (χ0) is 19.6. The smallest absolute Gasteiger partial charge is 0.295 e. The summed E-state index contributed by atoms with van der Waals surface area (Å²) in [4.78, 5) is 29.0. The Morgan fingerprint density at radius 3 is 2.30 bits per heavy atom. The van der Waals surface area contributed by atoms with Crippen molar-refractivity contribution in [1.82, 2.24) is 9.80 Å². The van der Waals surface area contributed by atoms with Crippen LogP contribution in [0.5, 0.6) is 0 Å². The van der Waals surface area contributed by atoms with Crippen molar-refractivity contribution in [2.45, 2.75) is 6.04 Å². The number of hydrogen-bond donors (Lipinski definition) is 1. The molecule has 1 atom stereocenters. The van der Waals surface area contributed by atoms with Crippen molar-refractivity contribution < 1.29 is 14.7 Å². The zero-order valence-electron chi connectivity index (χ0n) is 15.2. The maximum absolute atomic E-state index is 12.8. The molecular weight excluding hydrogens is 408 g/mol. The van der Waals surface area contributed by atoms with E-state index in [1.165, 1.54) is 0 Å². The second-order valence-corrected chi connectivity index (χ2v) is 7.63. The van der Waals surface area contributed by atoms with Gasteiger partial charge in [0, 0.05) is 23.1 Å². The number of likely N-dealkylation sites (tertiary alicyclic amines) is 1. The second kappa shape index (κ2) is 8.06. The number of carbonyl (C=O) groups is 2. The van der Waals surface area contributed by atoms with E-state index < -0.39 is 17.7 Å². The molecule has 140 valence electrons. The van der Waals surface area contributed by atoms with Crippen molar-refractivity contribution in [2.24, 2.45) is 0 Å². The highest BCUT2D eigenvalue weighted by Gasteiger charge is 2.45. The first kappa shape index (κ1) is 19.3. The maximum Gasteiger partial charge on any atom is 0.295 e. The molecule has 1 saturated heterocycles. The van der Waals surface area contributed by atoms with Gasteiger partial charge in [-0.1, -0.05) is 58.4 Å². The van der Waals surface area contributed by atoms with Crippen LogP contribution in [0.1, 0.15) is 17.2 Å². The highest BCUT2D eigenvalue weighted by Crippen LogP contribution is 2.39. The maximum atomic E-state index is 12.8. The van der Waals surface area contributed by atoms with Gasteiger partial charge >= 0.3 is 0 Å². The van der Waals surface area contributed by atoms with Crippen molar-refractivity contribution in [3.05, 3.63) is 75.8 Å². The van der Waals surface area contributed by atoms with E-state index in [4.69, 9.17) is 0 Å². The van der Waals surface area contributed by atoms with Gasteiger partial charge < -0.3 is 14.9 Å². The van der Waals surface area contributed by atoms with Crippen LogP contribution in [0.15, 0.2) is 64.6 Å². The number of amides is 1. The number of aliphatic hydroxyl groups is 1. The highest BCUT2D eigenvalue weighted by molar-refractivity contribution is 9.10. The van der Waals surface area contributed by atoms with E-state index in [0.717, 1.165) is 10.0 Å². The van der Waals surface area contributed by atoms with E-state index >= 15 is 0 Å². The first-order valence-corrected chi connectivity index (χ1v) is 9.43. The molecule has 0 bridgehead atoms. The minimum atomic E-state index is -0.650. The van der Waals surface area contributed by atoms with Crippen LogP contribution in [-0.4, -0.2) is 53.8 Å². The lowest BCUT2D eigenvalue weighted by Gasteiger charge is -2.26. The Morgan fingerprint density at radius 1 is 1.07 bits per heavy atom. The molecule has 0 aromatic heterocycles. The van der Waals surface area contributed by atoms with Crippen molar-refractivity contribution in [2.75, 3.05) is 27.2 Å². The minimum absolute atomic E-state index is 0.132. The fourth-order valence-corrected chi connectivity index (χ4v) is 3.43. The molecule has 0 saturated carbocycles. The third kappa shape index (κ3) is 3.96. The third-order valence-corrected chi connectivity index (χ3v) is 5.09. The Labute approximate surface area is 167 Å². The van der Waals surface area contributed by atoms with Crippen LogP contribution in [0.4, 0.5) is 0 Å². The van der Waals surface area contributed by atoms with Gasteiger partial charge in [0.15, 0.2) is 0 Å². The molecule has 6 heteroatoms. The average molecular weight is 429 g/mol. The number of ketones is 1. The molecule has 3 rings (SSSR count). The number of benzene rings is 2. The summed E-state index contributed by atoms with van der Waals surface area (Å²) in [6.45, 7) is 1.01. The normalized spacial score (nSPS) is 19.1. The van der Waals surface area contributed by atoms with Crippen molar-refractivity contribution in [3.63, 3.8) is 0 Å². The van der Waals surface area contributed by atoms with Gasteiger partial charge in [0.05, 0.1) is 11.6 Å². The molecule has 0 spiro atoms. The predicted octanol–water partition coefficient (Wildman–Crippen LogP) is 3.43. The monoisotopic (exact) mass is 428 g/mol. The van der Waals surface area contributed by atoms with E-state index in [-0.39, 0.29) is 11.3 Å². The zero-order valence-corrected chi connectivity index (χ0v) is 16.8. The van der Waals surface area contributed by atoms with Gasteiger partial charge in [-0.3, -0.25) is 9.59 Å². The number of carbonyl (C=O) groups excluding carboxylic acids is 2. The Balaban J connectivity index is 2.13. The number of hydrogen-bond acceptors (Lipinski definition) is 4. The molecule has 2 aromatic rings. The molecule has 1 aliphatic rings. The molecule has 1 amide bonds. The molecule has 0 radical (unpaired) electrons. The SMILES string of the molecule is CN(C)CCN1C(=O)C(=O)/C(=C(/O)c2ccccc2)[C@@H]1c1ccc(Br)cc1.